The number of hydrogen-bond acceptors (Lipinski definition) is 8. The molecular formula is C26H32N8O3. The molecule has 1 aliphatic rings. The largest absolute Gasteiger partial charge is 0.487 e. The number of pyridine rings is 1. The minimum Gasteiger partial charge on any atom is -0.487 e. The van der Waals surface area contributed by atoms with Crippen molar-refractivity contribution < 1.29 is 14.3 Å². The predicted octanol–water partition coefficient (Wildman–Crippen LogP) is 4.27. The highest BCUT2D eigenvalue weighted by Crippen LogP contribution is 2.32. The molecule has 4 aromatic heterocycles. The second-order valence-electron chi connectivity index (χ2n) is 10.3. The van der Waals surface area contributed by atoms with Gasteiger partial charge in [-0.15, -0.1) is 0 Å². The Morgan fingerprint density at radius 3 is 2.68 bits per heavy atom. The summed E-state index contributed by atoms with van der Waals surface area (Å²) in [5, 5.41) is 12.2. The molecule has 0 saturated carbocycles. The summed E-state index contributed by atoms with van der Waals surface area (Å²) in [7, 11) is 1.88. The number of aryl methyl sites for hydroxylation is 3. The highest BCUT2D eigenvalue weighted by atomic mass is 16.6. The average Bonchev–Trinajstić information content (AvgIpc) is 3.36. The van der Waals surface area contributed by atoms with Crippen LogP contribution in [0.2, 0.25) is 0 Å². The molecule has 0 aliphatic carbocycles. The van der Waals surface area contributed by atoms with Gasteiger partial charge in [0.2, 0.25) is 0 Å². The van der Waals surface area contributed by atoms with Gasteiger partial charge in [-0.25, -0.2) is 14.3 Å². The normalized spacial score (nSPS) is 15.5. The van der Waals surface area contributed by atoms with Crippen LogP contribution in [0.4, 0.5) is 16.4 Å². The Labute approximate surface area is 215 Å². The zero-order valence-corrected chi connectivity index (χ0v) is 22.0. The fourth-order valence-corrected chi connectivity index (χ4v) is 4.15. The Morgan fingerprint density at radius 1 is 1.16 bits per heavy atom. The first-order valence-electron chi connectivity index (χ1n) is 12.3. The van der Waals surface area contributed by atoms with Crippen molar-refractivity contribution in [1.82, 2.24) is 34.3 Å². The van der Waals surface area contributed by atoms with Crippen molar-refractivity contribution in [3.05, 3.63) is 48.2 Å². The van der Waals surface area contributed by atoms with E-state index < -0.39 is 5.60 Å². The molecule has 0 aromatic carbocycles. The Morgan fingerprint density at radius 2 is 1.97 bits per heavy atom. The molecule has 11 nitrogen and oxygen atoms in total. The molecule has 0 bridgehead atoms. The van der Waals surface area contributed by atoms with Crippen LogP contribution in [-0.4, -0.2) is 65.2 Å². The summed E-state index contributed by atoms with van der Waals surface area (Å²) in [5.41, 5.74) is 3.94. The van der Waals surface area contributed by atoms with Crippen molar-refractivity contribution >= 4 is 23.2 Å². The molecular weight excluding hydrogens is 472 g/mol. The molecule has 5 rings (SSSR count). The van der Waals surface area contributed by atoms with Crippen LogP contribution >= 0.6 is 0 Å². The number of anilines is 2. The summed E-state index contributed by atoms with van der Waals surface area (Å²) in [4.78, 5) is 23.0. The molecule has 0 unspecified atom stereocenters. The van der Waals surface area contributed by atoms with Crippen molar-refractivity contribution in [2.45, 2.75) is 52.7 Å². The van der Waals surface area contributed by atoms with Gasteiger partial charge >= 0.3 is 6.09 Å². The van der Waals surface area contributed by atoms with Crippen LogP contribution in [0.25, 0.3) is 16.8 Å². The van der Waals surface area contributed by atoms with Crippen LogP contribution in [0.15, 0.2) is 36.8 Å². The van der Waals surface area contributed by atoms with Crippen LogP contribution < -0.4 is 10.1 Å². The van der Waals surface area contributed by atoms with Crippen LogP contribution in [0.1, 0.15) is 38.6 Å². The van der Waals surface area contributed by atoms with E-state index in [-0.39, 0.29) is 12.1 Å². The molecule has 0 radical (unpaired) electrons. The standard InChI is InChI=1S/C26H32N8O3/c1-16-17(2)29-23(14-27-16)30-22-12-20-11-18(7-10-34(20)31-22)24-21(13-28-32(24)6)36-15-19-8-9-33(19)25(35)37-26(3,4)5/h7,10-14,19H,8-9,15H2,1-6H3,(H,29,30,31)/t19-/m1/s1. The number of carbonyl (C=O) groups is 1. The van der Waals surface area contributed by atoms with Gasteiger partial charge in [0.05, 0.1) is 35.3 Å². The smallest absolute Gasteiger partial charge is 0.410 e. The van der Waals surface area contributed by atoms with E-state index in [2.05, 4.69) is 25.5 Å². The second kappa shape index (κ2) is 9.38. The van der Waals surface area contributed by atoms with E-state index in [0.29, 0.717) is 30.5 Å². The molecule has 4 aromatic rings. The Hall–Kier alpha value is -4.15. The van der Waals surface area contributed by atoms with Gasteiger partial charge in [0.25, 0.3) is 0 Å². The first-order chi connectivity index (χ1) is 17.6. The summed E-state index contributed by atoms with van der Waals surface area (Å²) < 4.78 is 15.2. The summed E-state index contributed by atoms with van der Waals surface area (Å²) in [6.07, 6.45) is 5.87. The molecule has 1 aliphatic heterocycles. The summed E-state index contributed by atoms with van der Waals surface area (Å²) >= 11 is 0. The zero-order chi connectivity index (χ0) is 26.3. The van der Waals surface area contributed by atoms with E-state index in [1.165, 1.54) is 0 Å². The first kappa shape index (κ1) is 24.5. The maximum absolute atomic E-state index is 12.4. The molecule has 1 amide bonds. The number of carbonyl (C=O) groups excluding carboxylic acids is 1. The summed E-state index contributed by atoms with van der Waals surface area (Å²) in [5.74, 6) is 1.97. The number of amides is 1. The number of nitrogens with zero attached hydrogens (tertiary/aromatic N) is 7. The van der Waals surface area contributed by atoms with E-state index in [0.717, 1.165) is 34.6 Å². The van der Waals surface area contributed by atoms with Crippen LogP contribution in [0.3, 0.4) is 0 Å². The average molecular weight is 505 g/mol. The van der Waals surface area contributed by atoms with Gasteiger partial charge in [-0.3, -0.25) is 9.67 Å². The predicted molar refractivity (Wildman–Crippen MR) is 139 cm³/mol. The monoisotopic (exact) mass is 504 g/mol. The fraction of sp³-hybridized carbons (Fsp3) is 0.423. The van der Waals surface area contributed by atoms with Gasteiger partial charge < -0.3 is 19.7 Å². The van der Waals surface area contributed by atoms with Gasteiger partial charge in [0.1, 0.15) is 23.7 Å². The first-order valence-corrected chi connectivity index (χ1v) is 12.3. The molecule has 5 heterocycles. The Bertz CT molecular complexity index is 1450. The zero-order valence-electron chi connectivity index (χ0n) is 22.0. The number of nitrogens with one attached hydrogen (secondary N) is 1. The number of aromatic nitrogens is 6. The Balaban J connectivity index is 1.31. The highest BCUT2D eigenvalue weighted by molar-refractivity contribution is 5.73. The topological polar surface area (TPSA) is 112 Å². The number of ether oxygens (including phenoxy) is 2. The van der Waals surface area contributed by atoms with Gasteiger partial charge in [-0.2, -0.15) is 10.2 Å². The highest BCUT2D eigenvalue weighted by Gasteiger charge is 2.36. The van der Waals surface area contributed by atoms with Crippen molar-refractivity contribution in [2.24, 2.45) is 7.05 Å². The molecule has 0 spiro atoms. The second-order valence-corrected chi connectivity index (χ2v) is 10.3. The van der Waals surface area contributed by atoms with Crippen LogP contribution in [0.5, 0.6) is 5.75 Å². The quantitative estimate of drug-likeness (QED) is 0.414. The van der Waals surface area contributed by atoms with Crippen molar-refractivity contribution in [1.29, 1.82) is 0 Å². The van der Waals surface area contributed by atoms with Gasteiger partial charge in [0, 0.05) is 31.4 Å². The summed E-state index contributed by atoms with van der Waals surface area (Å²) in [6, 6.07) is 5.93. The molecule has 1 atom stereocenters. The Kier molecular flexibility index (Phi) is 6.22. The minimum absolute atomic E-state index is 0.0256. The lowest BCUT2D eigenvalue weighted by Crippen LogP contribution is -2.55. The van der Waals surface area contributed by atoms with E-state index in [1.54, 1.807) is 26.5 Å². The lowest BCUT2D eigenvalue weighted by molar-refractivity contribution is -0.0141. The van der Waals surface area contributed by atoms with Crippen molar-refractivity contribution in [2.75, 3.05) is 18.5 Å². The lowest BCUT2D eigenvalue weighted by Gasteiger charge is -2.40. The molecule has 1 N–H and O–H groups in total. The van der Waals surface area contributed by atoms with Crippen LogP contribution in [0, 0.1) is 13.8 Å². The maximum atomic E-state index is 12.4. The van der Waals surface area contributed by atoms with Crippen molar-refractivity contribution in [3.63, 3.8) is 0 Å². The molecule has 11 heteroatoms. The minimum atomic E-state index is -0.525. The molecule has 1 fully saturated rings. The van der Waals surface area contributed by atoms with Gasteiger partial charge in [-0.1, -0.05) is 0 Å². The fourth-order valence-electron chi connectivity index (χ4n) is 4.15. The third kappa shape index (κ3) is 5.20. The summed E-state index contributed by atoms with van der Waals surface area (Å²) in [6.45, 7) is 10.5. The molecule has 194 valence electrons. The SMILES string of the molecule is Cc1ncc(Nc2cc3cc(-c4c(OC[C@H]5CCN5C(=O)OC(C)(C)C)cnn4C)ccn3n2)nc1C. The number of rotatable bonds is 6. The van der Waals surface area contributed by atoms with E-state index in [4.69, 9.17) is 9.47 Å². The number of likely N-dealkylation sites (tertiary alicyclic amines) is 1. The lowest BCUT2D eigenvalue weighted by atomic mass is 10.1. The van der Waals surface area contributed by atoms with Gasteiger partial charge in [-0.05, 0) is 53.2 Å². The molecule has 1 saturated heterocycles. The maximum Gasteiger partial charge on any atom is 0.410 e. The van der Waals surface area contributed by atoms with E-state index in [1.807, 2.05) is 66.1 Å². The number of hydrogen-bond donors (Lipinski definition) is 1. The molecule has 37 heavy (non-hydrogen) atoms. The third-order valence-electron chi connectivity index (χ3n) is 6.29. The van der Waals surface area contributed by atoms with Crippen LogP contribution in [-0.2, 0) is 11.8 Å². The van der Waals surface area contributed by atoms with Gasteiger partial charge in [0.15, 0.2) is 11.6 Å². The third-order valence-corrected chi connectivity index (χ3v) is 6.29. The van der Waals surface area contributed by atoms with Crippen molar-refractivity contribution in [3.8, 4) is 17.0 Å². The number of fused-ring (bicyclic) bond motifs is 1. The van der Waals surface area contributed by atoms with E-state index >= 15 is 0 Å². The van der Waals surface area contributed by atoms with E-state index in [9.17, 15) is 4.79 Å².